The second-order valence-corrected chi connectivity index (χ2v) is 16.6. The van der Waals surface area contributed by atoms with Gasteiger partial charge in [-0.1, -0.05) is 65.0 Å². The number of aliphatic hydroxyl groups excluding tert-OH is 1. The summed E-state index contributed by atoms with van der Waals surface area (Å²) in [5.41, 5.74) is 5.90. The molecule has 4 rings (SSSR count). The second kappa shape index (κ2) is 16.0. The number of sulfonamides is 1. The van der Waals surface area contributed by atoms with Gasteiger partial charge in [-0.25, -0.2) is 17.2 Å². The van der Waals surface area contributed by atoms with Gasteiger partial charge in [0.05, 0.1) is 23.6 Å². The highest BCUT2D eigenvalue weighted by atomic mass is 32.2. The summed E-state index contributed by atoms with van der Waals surface area (Å²) in [4.78, 5) is 27.2. The van der Waals surface area contributed by atoms with Crippen molar-refractivity contribution in [3.8, 4) is 0 Å². The molecule has 50 heavy (non-hydrogen) atoms. The second-order valence-electron chi connectivity index (χ2n) is 14.6. The molecule has 3 aromatic rings. The van der Waals surface area contributed by atoms with Gasteiger partial charge in [-0.3, -0.25) is 14.9 Å². The van der Waals surface area contributed by atoms with E-state index >= 15 is 0 Å². The quantitative estimate of drug-likeness (QED) is 0.140. The van der Waals surface area contributed by atoms with Gasteiger partial charge in [-0.05, 0) is 78.1 Å². The fourth-order valence-corrected chi connectivity index (χ4v) is 7.50. The van der Waals surface area contributed by atoms with Crippen molar-refractivity contribution in [2.45, 2.75) is 82.5 Å². The summed E-state index contributed by atoms with van der Waals surface area (Å²) in [7, 11) is -4.04. The lowest BCUT2D eigenvalue weighted by Crippen LogP contribution is -2.59. The Kier molecular flexibility index (Phi) is 12.4. The average molecular weight is 714 g/mol. The third-order valence-corrected chi connectivity index (χ3v) is 10.6. The Balaban J connectivity index is 1.52. The average Bonchev–Trinajstić information content (AvgIpc) is 3.83. The van der Waals surface area contributed by atoms with Crippen LogP contribution in [0, 0.1) is 23.0 Å². The number of nitrogens with one attached hydrogen (secondary N) is 3. The minimum atomic E-state index is -4.04. The van der Waals surface area contributed by atoms with Gasteiger partial charge in [0.2, 0.25) is 21.8 Å². The van der Waals surface area contributed by atoms with E-state index in [4.69, 9.17) is 5.73 Å². The van der Waals surface area contributed by atoms with E-state index in [-0.39, 0.29) is 36.9 Å². The lowest BCUT2D eigenvalue weighted by molar-refractivity contribution is -0.132. The first kappa shape index (κ1) is 38.9. The van der Waals surface area contributed by atoms with Crippen molar-refractivity contribution < 1.29 is 31.9 Å². The molecule has 0 radical (unpaired) electrons. The van der Waals surface area contributed by atoms with E-state index in [9.17, 15) is 31.9 Å². The zero-order valence-electron chi connectivity index (χ0n) is 29.2. The Bertz CT molecular complexity index is 1710. The van der Waals surface area contributed by atoms with Crippen molar-refractivity contribution in [2.24, 2.45) is 11.3 Å². The van der Waals surface area contributed by atoms with Gasteiger partial charge in [0, 0.05) is 30.4 Å². The van der Waals surface area contributed by atoms with Gasteiger partial charge in [0.1, 0.15) is 17.7 Å². The number of hydrogen-bond donors (Lipinski definition) is 5. The van der Waals surface area contributed by atoms with E-state index in [1.165, 1.54) is 40.7 Å². The summed E-state index contributed by atoms with van der Waals surface area (Å²) < 4.78 is 56.5. The number of hydrogen-bond acceptors (Lipinski definition) is 7. The van der Waals surface area contributed by atoms with Crippen molar-refractivity contribution in [3.63, 3.8) is 0 Å². The lowest BCUT2D eigenvalue weighted by atomic mass is 9.85. The molecular weight excluding hydrogens is 665 g/mol. The first-order valence-corrected chi connectivity index (χ1v) is 18.2. The Labute approximate surface area is 293 Å². The largest absolute Gasteiger partial charge is 0.399 e. The molecule has 0 aliphatic heterocycles. The van der Waals surface area contributed by atoms with Crippen LogP contribution in [0.4, 0.5) is 14.5 Å². The van der Waals surface area contributed by atoms with E-state index in [1.807, 2.05) is 44.2 Å². The molecule has 0 spiro atoms. The Morgan fingerprint density at radius 3 is 2.08 bits per heavy atom. The maximum atomic E-state index is 14.0. The number of nitrogens with two attached hydrogens (primary N) is 1. The summed E-state index contributed by atoms with van der Waals surface area (Å²) in [6.07, 6.45) is 0.0334. The number of nitrogen functional groups attached to an aromatic ring is 1. The first-order chi connectivity index (χ1) is 23.4. The molecule has 3 atom stereocenters. The molecule has 6 N–H and O–H groups in total. The van der Waals surface area contributed by atoms with Gasteiger partial charge in [0.15, 0.2) is 0 Å². The highest BCUT2D eigenvalue weighted by Gasteiger charge is 2.45. The summed E-state index contributed by atoms with van der Waals surface area (Å²) in [5.74, 6) is -2.54. The SMILES string of the molecule is CC(C)CN(C[C@@H](O)[C@H](Cc1ccccc1)NC(=O)C(NC(=O)CNC1(c2cc(F)cc(F)c2)CC1)C(C)(C)C)S(=O)(=O)c1ccc(N)cc1. The van der Waals surface area contributed by atoms with Gasteiger partial charge >= 0.3 is 0 Å². The molecule has 0 bridgehead atoms. The standard InChI is InChI=1S/C37H49F2N5O5S/c1-24(2)22-44(50(48,49)30-13-11-29(40)12-14-30)23-32(45)31(17-25-9-7-6-8-10-25)42-35(47)34(36(3,4)5)43-33(46)21-41-37(15-16-37)26-18-27(38)20-28(39)19-26/h6-14,18-20,24,31-32,34,41,45H,15-17,21-23,40H2,1-5H3,(H,42,47)(H,43,46)/t31-,32+,34?/m0/s1. The fourth-order valence-electron chi connectivity index (χ4n) is 5.88. The van der Waals surface area contributed by atoms with Crippen molar-refractivity contribution in [2.75, 3.05) is 25.4 Å². The molecule has 1 aliphatic rings. The Hall–Kier alpha value is -3.91. The highest BCUT2D eigenvalue weighted by Crippen LogP contribution is 2.45. The van der Waals surface area contributed by atoms with Crippen molar-refractivity contribution in [1.82, 2.24) is 20.3 Å². The minimum absolute atomic E-state index is 0.0304. The molecular formula is C37H49F2N5O5S. The number of carbonyl (C=O) groups is 2. The summed E-state index contributed by atoms with van der Waals surface area (Å²) >= 11 is 0. The smallest absolute Gasteiger partial charge is 0.243 e. The van der Waals surface area contributed by atoms with Crippen LogP contribution >= 0.6 is 0 Å². The molecule has 1 unspecified atom stereocenters. The Morgan fingerprint density at radius 1 is 0.940 bits per heavy atom. The van der Waals surface area contributed by atoms with Crippen LogP contribution in [-0.4, -0.2) is 67.5 Å². The van der Waals surface area contributed by atoms with Crippen LogP contribution in [0.5, 0.6) is 0 Å². The molecule has 0 aromatic heterocycles. The maximum Gasteiger partial charge on any atom is 0.243 e. The van der Waals surface area contributed by atoms with Crippen LogP contribution in [-0.2, 0) is 31.6 Å². The van der Waals surface area contributed by atoms with Crippen LogP contribution in [0.15, 0.2) is 77.7 Å². The van der Waals surface area contributed by atoms with E-state index in [0.29, 0.717) is 24.1 Å². The molecule has 3 aromatic carbocycles. The van der Waals surface area contributed by atoms with Gasteiger partial charge in [-0.15, -0.1) is 0 Å². The Morgan fingerprint density at radius 2 is 1.54 bits per heavy atom. The van der Waals surface area contributed by atoms with Crippen LogP contribution < -0.4 is 21.7 Å². The number of anilines is 1. The topological polar surface area (TPSA) is 154 Å². The van der Waals surface area contributed by atoms with Gasteiger partial charge < -0.3 is 21.5 Å². The monoisotopic (exact) mass is 713 g/mol. The van der Waals surface area contributed by atoms with Crippen molar-refractivity contribution in [3.05, 3.63) is 95.6 Å². The van der Waals surface area contributed by atoms with Crippen LogP contribution in [0.1, 0.15) is 58.6 Å². The maximum absolute atomic E-state index is 14.0. The number of nitrogens with zero attached hydrogens (tertiary/aromatic N) is 1. The zero-order valence-corrected chi connectivity index (χ0v) is 30.1. The molecule has 1 aliphatic carbocycles. The number of halogens is 2. The fraction of sp³-hybridized carbons (Fsp3) is 0.459. The van der Waals surface area contributed by atoms with Gasteiger partial charge in [0.25, 0.3) is 0 Å². The van der Waals surface area contributed by atoms with Crippen molar-refractivity contribution >= 4 is 27.5 Å². The molecule has 0 heterocycles. The number of rotatable bonds is 16. The van der Waals surface area contributed by atoms with Gasteiger partial charge in [-0.2, -0.15) is 4.31 Å². The first-order valence-electron chi connectivity index (χ1n) is 16.8. The highest BCUT2D eigenvalue weighted by molar-refractivity contribution is 7.89. The molecule has 0 saturated heterocycles. The normalized spacial score (nSPS) is 16.1. The number of aliphatic hydroxyl groups is 1. The van der Waals surface area contributed by atoms with Crippen LogP contribution in [0.25, 0.3) is 0 Å². The van der Waals surface area contributed by atoms with Crippen LogP contribution in [0.3, 0.4) is 0 Å². The molecule has 1 fully saturated rings. The predicted octanol–water partition coefficient (Wildman–Crippen LogP) is 4.09. The lowest BCUT2D eigenvalue weighted by Gasteiger charge is -2.34. The third-order valence-electron chi connectivity index (χ3n) is 8.75. The third kappa shape index (κ3) is 10.3. The number of carbonyl (C=O) groups excluding carboxylic acids is 2. The molecule has 1 saturated carbocycles. The van der Waals surface area contributed by atoms with E-state index < -0.39 is 62.6 Å². The molecule has 2 amide bonds. The molecule has 272 valence electrons. The summed E-state index contributed by atoms with van der Waals surface area (Å²) in [6.45, 7) is 8.71. The summed E-state index contributed by atoms with van der Waals surface area (Å²) in [6, 6.07) is 16.3. The number of amides is 2. The minimum Gasteiger partial charge on any atom is -0.399 e. The van der Waals surface area contributed by atoms with E-state index in [2.05, 4.69) is 16.0 Å². The van der Waals surface area contributed by atoms with E-state index in [1.54, 1.807) is 20.8 Å². The van der Waals surface area contributed by atoms with Crippen LogP contribution in [0.2, 0.25) is 0 Å². The van der Waals surface area contributed by atoms with Crippen molar-refractivity contribution in [1.29, 1.82) is 0 Å². The summed E-state index contributed by atoms with van der Waals surface area (Å²) in [5, 5.41) is 20.5. The molecule has 10 nitrogen and oxygen atoms in total. The predicted molar refractivity (Wildman–Crippen MR) is 189 cm³/mol. The number of benzene rings is 3. The molecule has 13 heteroatoms. The zero-order chi connectivity index (χ0) is 36.9. The van der Waals surface area contributed by atoms with E-state index in [0.717, 1.165) is 11.6 Å².